The Hall–Kier alpha value is 0.0969. The van der Waals surface area contributed by atoms with E-state index in [0.29, 0.717) is 6.54 Å². The van der Waals surface area contributed by atoms with Crippen LogP contribution in [-0.2, 0) is 8.85 Å². The molecule has 3 nitrogen and oxygen atoms in total. The van der Waals surface area contributed by atoms with Gasteiger partial charge in [0.15, 0.2) is 0 Å². The Morgan fingerprint density at radius 1 is 1.17 bits per heavy atom. The molecule has 0 heterocycles. The van der Waals surface area contributed by atoms with E-state index in [1.165, 1.54) is 0 Å². The molecule has 0 unspecified atom stereocenters. The Bertz CT molecular complexity index is 105. The van der Waals surface area contributed by atoms with E-state index in [1.807, 2.05) is 13.8 Å². The molecular weight excluding hydrogens is 170 g/mol. The van der Waals surface area contributed by atoms with E-state index in [4.69, 9.17) is 14.6 Å². The number of rotatable bonds is 7. The maximum Gasteiger partial charge on any atom is 0.334 e. The smallest absolute Gasteiger partial charge is 0.334 e. The van der Waals surface area contributed by atoms with Crippen LogP contribution in [0.15, 0.2) is 0 Å². The van der Waals surface area contributed by atoms with E-state index < -0.39 is 8.56 Å². The third kappa shape index (κ3) is 4.87. The van der Waals surface area contributed by atoms with Crippen molar-refractivity contribution in [3.63, 3.8) is 0 Å². The van der Waals surface area contributed by atoms with Gasteiger partial charge in [-0.3, -0.25) is 5.73 Å². The summed E-state index contributed by atoms with van der Waals surface area (Å²) in [5.74, 6) is 0. The summed E-state index contributed by atoms with van der Waals surface area (Å²) in [5, 5.41) is 0. The first kappa shape index (κ1) is 12.1. The molecule has 0 aliphatic rings. The molecule has 0 saturated heterocycles. The van der Waals surface area contributed by atoms with Crippen LogP contribution in [0.4, 0.5) is 0 Å². The van der Waals surface area contributed by atoms with Crippen molar-refractivity contribution < 1.29 is 8.85 Å². The van der Waals surface area contributed by atoms with E-state index in [1.54, 1.807) is 0 Å². The summed E-state index contributed by atoms with van der Waals surface area (Å²) in [6.07, 6.45) is 0.892. The van der Waals surface area contributed by atoms with Crippen molar-refractivity contribution in [2.75, 3.05) is 19.8 Å². The molecule has 0 aromatic heterocycles. The van der Waals surface area contributed by atoms with Crippen LogP contribution >= 0.6 is 0 Å². The molecule has 0 amide bonds. The molecule has 4 heteroatoms. The molecule has 0 atom stereocenters. The standard InChI is InChI=1S/C8H20NO2Si/c1-4-10-12(3,11-5-2)8-6-7-9/h9H,4-8H2,1-3H3. The van der Waals surface area contributed by atoms with Crippen LogP contribution in [0.25, 0.3) is 0 Å². The van der Waals surface area contributed by atoms with Crippen LogP contribution in [-0.4, -0.2) is 28.3 Å². The van der Waals surface area contributed by atoms with E-state index in [0.717, 1.165) is 25.7 Å². The highest BCUT2D eigenvalue weighted by atomic mass is 28.4. The van der Waals surface area contributed by atoms with Gasteiger partial charge in [0.05, 0.1) is 0 Å². The van der Waals surface area contributed by atoms with Gasteiger partial charge < -0.3 is 8.85 Å². The summed E-state index contributed by atoms with van der Waals surface area (Å²) in [6.45, 7) is 7.98. The molecule has 0 aromatic carbocycles. The molecule has 0 fully saturated rings. The fraction of sp³-hybridized carbons (Fsp3) is 1.00. The first-order valence-corrected chi connectivity index (χ1v) is 7.13. The van der Waals surface area contributed by atoms with Crippen molar-refractivity contribution in [1.29, 1.82) is 0 Å². The maximum atomic E-state index is 7.06. The van der Waals surface area contributed by atoms with Gasteiger partial charge in [-0.2, -0.15) is 0 Å². The summed E-state index contributed by atoms with van der Waals surface area (Å²) < 4.78 is 11.2. The first-order valence-electron chi connectivity index (χ1n) is 4.61. The Balaban J connectivity index is 3.80. The average molecular weight is 190 g/mol. The van der Waals surface area contributed by atoms with Crippen LogP contribution in [0, 0.1) is 0 Å². The maximum absolute atomic E-state index is 7.06. The lowest BCUT2D eigenvalue weighted by atomic mass is 10.5. The van der Waals surface area contributed by atoms with Gasteiger partial charge in [0.2, 0.25) is 0 Å². The molecule has 12 heavy (non-hydrogen) atoms. The Labute approximate surface area is 76.5 Å². The fourth-order valence-electron chi connectivity index (χ4n) is 1.21. The molecule has 0 aliphatic carbocycles. The lowest BCUT2D eigenvalue weighted by Gasteiger charge is -2.25. The van der Waals surface area contributed by atoms with E-state index >= 15 is 0 Å². The lowest BCUT2D eigenvalue weighted by Crippen LogP contribution is -2.38. The Kier molecular flexibility index (Phi) is 6.65. The van der Waals surface area contributed by atoms with Gasteiger partial charge in [0.25, 0.3) is 0 Å². The quantitative estimate of drug-likeness (QED) is 0.574. The highest BCUT2D eigenvalue weighted by molar-refractivity contribution is 6.66. The highest BCUT2D eigenvalue weighted by Gasteiger charge is 2.29. The molecule has 0 saturated carbocycles. The van der Waals surface area contributed by atoms with Crippen LogP contribution in [0.3, 0.4) is 0 Å². The summed E-state index contributed by atoms with van der Waals surface area (Å²) in [4.78, 5) is 0. The molecule has 1 radical (unpaired) electrons. The zero-order chi connectivity index (χ0) is 9.45. The van der Waals surface area contributed by atoms with E-state index in [-0.39, 0.29) is 0 Å². The molecule has 0 aliphatic heterocycles. The monoisotopic (exact) mass is 190 g/mol. The van der Waals surface area contributed by atoms with Gasteiger partial charge in [0.1, 0.15) is 0 Å². The number of hydrogen-bond donors (Lipinski definition) is 0. The zero-order valence-electron chi connectivity index (χ0n) is 8.35. The highest BCUT2D eigenvalue weighted by Crippen LogP contribution is 2.15. The summed E-state index contributed by atoms with van der Waals surface area (Å²) in [7, 11) is -1.89. The van der Waals surface area contributed by atoms with Crippen LogP contribution in [0.5, 0.6) is 0 Å². The number of hydrogen-bond acceptors (Lipinski definition) is 2. The third-order valence-electron chi connectivity index (χ3n) is 1.71. The second-order valence-corrected chi connectivity index (χ2v) is 6.20. The summed E-state index contributed by atoms with van der Waals surface area (Å²) in [6, 6.07) is 0.943. The van der Waals surface area contributed by atoms with Crippen LogP contribution in [0.1, 0.15) is 20.3 Å². The topological polar surface area (TPSA) is 42.3 Å². The Morgan fingerprint density at radius 2 is 1.67 bits per heavy atom. The van der Waals surface area contributed by atoms with Gasteiger partial charge in [-0.1, -0.05) is 0 Å². The molecule has 0 bridgehead atoms. The van der Waals surface area contributed by atoms with E-state index in [9.17, 15) is 0 Å². The predicted octanol–water partition coefficient (Wildman–Crippen LogP) is 1.80. The predicted molar refractivity (Wildman–Crippen MR) is 52.3 cm³/mol. The number of nitrogens with one attached hydrogen (secondary N) is 1. The largest absolute Gasteiger partial charge is 0.395 e. The van der Waals surface area contributed by atoms with Gasteiger partial charge >= 0.3 is 8.56 Å². The Morgan fingerprint density at radius 3 is 2.00 bits per heavy atom. The molecule has 0 rings (SSSR count). The van der Waals surface area contributed by atoms with Crippen molar-refractivity contribution in [1.82, 2.24) is 5.73 Å². The average Bonchev–Trinajstić information content (AvgIpc) is 2.02. The first-order chi connectivity index (χ1) is 5.68. The molecular formula is C8H20NO2Si. The van der Waals surface area contributed by atoms with Gasteiger partial charge in [-0.05, 0) is 32.9 Å². The molecule has 1 N–H and O–H groups in total. The summed E-state index contributed by atoms with van der Waals surface area (Å²) >= 11 is 0. The zero-order valence-corrected chi connectivity index (χ0v) is 9.35. The van der Waals surface area contributed by atoms with Gasteiger partial charge in [-0.15, -0.1) is 0 Å². The summed E-state index contributed by atoms with van der Waals surface area (Å²) in [5.41, 5.74) is 7.06. The minimum atomic E-state index is -1.89. The molecule has 0 aromatic rings. The second-order valence-electron chi connectivity index (χ2n) is 2.85. The van der Waals surface area contributed by atoms with Crippen molar-refractivity contribution in [2.45, 2.75) is 32.9 Å². The minimum absolute atomic E-state index is 0.475. The van der Waals surface area contributed by atoms with Crippen LogP contribution in [0.2, 0.25) is 12.6 Å². The van der Waals surface area contributed by atoms with Crippen LogP contribution < -0.4 is 5.73 Å². The second kappa shape index (κ2) is 6.60. The van der Waals surface area contributed by atoms with E-state index in [2.05, 4.69) is 6.55 Å². The van der Waals surface area contributed by atoms with Crippen molar-refractivity contribution in [3.05, 3.63) is 0 Å². The van der Waals surface area contributed by atoms with Gasteiger partial charge in [-0.25, -0.2) is 0 Å². The van der Waals surface area contributed by atoms with Crippen molar-refractivity contribution >= 4 is 8.56 Å². The minimum Gasteiger partial charge on any atom is -0.395 e. The van der Waals surface area contributed by atoms with Gasteiger partial charge in [0, 0.05) is 19.8 Å². The van der Waals surface area contributed by atoms with Crippen molar-refractivity contribution in [2.24, 2.45) is 0 Å². The SMILES string of the molecule is CCO[Si](C)(CCC[NH])OCC. The lowest BCUT2D eigenvalue weighted by molar-refractivity contribution is 0.188. The third-order valence-corrected chi connectivity index (χ3v) is 4.77. The fourth-order valence-corrected chi connectivity index (χ4v) is 3.62. The van der Waals surface area contributed by atoms with Crippen molar-refractivity contribution in [3.8, 4) is 0 Å². The molecule has 0 spiro atoms. The normalized spacial score (nSPS) is 12.0. The molecule has 73 valence electrons.